The number of nitrogens with zero attached hydrogens (tertiary/aromatic N) is 2. The molecular formula is C18H22N2O5S. The lowest BCUT2D eigenvalue weighted by Gasteiger charge is -2.33. The fourth-order valence-corrected chi connectivity index (χ4v) is 4.30. The zero-order chi connectivity index (χ0) is 18.8. The van der Waals surface area contributed by atoms with E-state index in [9.17, 15) is 14.4 Å². The van der Waals surface area contributed by atoms with Gasteiger partial charge in [0.15, 0.2) is 10.6 Å². The van der Waals surface area contributed by atoms with Crippen LogP contribution in [-0.4, -0.2) is 34.9 Å². The molecule has 0 radical (unpaired) electrons. The minimum absolute atomic E-state index is 0.0168. The molecule has 26 heavy (non-hydrogen) atoms. The van der Waals surface area contributed by atoms with Crippen molar-refractivity contribution in [3.05, 3.63) is 27.2 Å². The minimum Gasteiger partial charge on any atom is -0.496 e. The summed E-state index contributed by atoms with van der Waals surface area (Å²) in [6.07, 6.45) is 4.73. The molecule has 1 aromatic rings. The van der Waals surface area contributed by atoms with Crippen LogP contribution in [0.1, 0.15) is 48.0 Å². The van der Waals surface area contributed by atoms with E-state index in [0.717, 1.165) is 37.0 Å². The molecule has 0 bridgehead atoms. The third kappa shape index (κ3) is 3.38. The molecular weight excluding hydrogens is 356 g/mol. The van der Waals surface area contributed by atoms with Crippen LogP contribution in [0.2, 0.25) is 0 Å². The highest BCUT2D eigenvalue weighted by Gasteiger charge is 2.39. The van der Waals surface area contributed by atoms with E-state index in [2.05, 4.69) is 4.99 Å². The molecule has 1 amide bonds. The SMILES string of the molecule is CCOC(=O)c1sc(=NC(=O)C2=COC3CCCCC3C2=O)n(C)c1C. The summed E-state index contributed by atoms with van der Waals surface area (Å²) in [5.74, 6) is -1.51. The third-order valence-corrected chi connectivity index (χ3v) is 6.08. The lowest BCUT2D eigenvalue weighted by molar-refractivity contribution is -0.130. The second-order valence-electron chi connectivity index (χ2n) is 6.46. The van der Waals surface area contributed by atoms with Gasteiger partial charge in [-0.15, -0.1) is 0 Å². The zero-order valence-electron chi connectivity index (χ0n) is 15.1. The van der Waals surface area contributed by atoms with Crippen molar-refractivity contribution < 1.29 is 23.9 Å². The molecule has 7 nitrogen and oxygen atoms in total. The van der Waals surface area contributed by atoms with Gasteiger partial charge in [0.25, 0.3) is 5.91 Å². The number of carbonyl (C=O) groups is 3. The first-order chi connectivity index (χ1) is 12.4. The minimum atomic E-state index is -0.633. The number of esters is 1. The van der Waals surface area contributed by atoms with Crippen molar-refractivity contribution in [2.45, 2.75) is 45.6 Å². The first-order valence-corrected chi connectivity index (χ1v) is 9.58. The molecule has 2 atom stereocenters. The van der Waals surface area contributed by atoms with Gasteiger partial charge < -0.3 is 14.0 Å². The smallest absolute Gasteiger partial charge is 0.350 e. The number of Topliss-reactive ketones (excluding diaryl/α,β-unsaturated/α-hetero) is 1. The van der Waals surface area contributed by atoms with E-state index in [1.807, 2.05) is 0 Å². The van der Waals surface area contributed by atoms with E-state index in [1.54, 1.807) is 25.5 Å². The van der Waals surface area contributed by atoms with Crippen molar-refractivity contribution in [1.82, 2.24) is 4.57 Å². The molecule has 0 aromatic carbocycles. The summed E-state index contributed by atoms with van der Waals surface area (Å²) in [5.41, 5.74) is 0.643. The Labute approximate surface area is 155 Å². The van der Waals surface area contributed by atoms with Gasteiger partial charge in [-0.2, -0.15) is 4.99 Å². The Bertz CT molecular complexity index is 848. The second kappa shape index (κ2) is 7.57. The summed E-state index contributed by atoms with van der Waals surface area (Å²) in [6.45, 7) is 3.76. The number of hydrogen-bond acceptors (Lipinski definition) is 6. The normalized spacial score (nSPS) is 23.1. The van der Waals surface area contributed by atoms with Crippen LogP contribution < -0.4 is 4.80 Å². The van der Waals surface area contributed by atoms with Crippen LogP contribution in [0.4, 0.5) is 0 Å². The summed E-state index contributed by atoms with van der Waals surface area (Å²) in [7, 11) is 1.71. The van der Waals surface area contributed by atoms with E-state index in [0.29, 0.717) is 15.4 Å². The number of carbonyl (C=O) groups excluding carboxylic acids is 3. The number of aromatic nitrogens is 1. The van der Waals surface area contributed by atoms with Crippen molar-refractivity contribution in [2.24, 2.45) is 18.0 Å². The molecule has 3 rings (SSSR count). The summed E-state index contributed by atoms with van der Waals surface area (Å²) < 4.78 is 12.3. The van der Waals surface area contributed by atoms with Gasteiger partial charge in [0.05, 0.1) is 18.8 Å². The summed E-state index contributed by atoms with van der Waals surface area (Å²) in [4.78, 5) is 42.0. The van der Waals surface area contributed by atoms with Crippen molar-refractivity contribution in [1.29, 1.82) is 0 Å². The van der Waals surface area contributed by atoms with Crippen molar-refractivity contribution in [2.75, 3.05) is 6.61 Å². The fraction of sp³-hybridized carbons (Fsp3) is 0.556. The maximum Gasteiger partial charge on any atom is 0.350 e. The monoisotopic (exact) mass is 378 g/mol. The van der Waals surface area contributed by atoms with Crippen molar-refractivity contribution in [3.63, 3.8) is 0 Å². The van der Waals surface area contributed by atoms with E-state index < -0.39 is 11.9 Å². The highest BCUT2D eigenvalue weighted by Crippen LogP contribution is 2.33. The second-order valence-corrected chi connectivity index (χ2v) is 7.43. The number of hydrogen-bond donors (Lipinski definition) is 0. The lowest BCUT2D eigenvalue weighted by Crippen LogP contribution is -2.38. The Morgan fingerprint density at radius 3 is 2.85 bits per heavy atom. The molecule has 0 N–H and O–H groups in total. The first-order valence-electron chi connectivity index (χ1n) is 8.76. The molecule has 1 saturated carbocycles. The molecule has 140 valence electrons. The largest absolute Gasteiger partial charge is 0.496 e. The summed E-state index contributed by atoms with van der Waals surface area (Å²) in [5, 5.41) is 0. The molecule has 2 aliphatic rings. The lowest BCUT2D eigenvalue weighted by atomic mass is 9.80. The van der Waals surface area contributed by atoms with Gasteiger partial charge in [-0.1, -0.05) is 17.8 Å². The van der Waals surface area contributed by atoms with Crippen LogP contribution in [-0.2, 0) is 26.1 Å². The van der Waals surface area contributed by atoms with E-state index >= 15 is 0 Å². The van der Waals surface area contributed by atoms with E-state index in [4.69, 9.17) is 9.47 Å². The Morgan fingerprint density at radius 1 is 1.38 bits per heavy atom. The van der Waals surface area contributed by atoms with Crippen LogP contribution >= 0.6 is 11.3 Å². The summed E-state index contributed by atoms with van der Waals surface area (Å²) >= 11 is 1.07. The predicted molar refractivity (Wildman–Crippen MR) is 94.5 cm³/mol. The summed E-state index contributed by atoms with van der Waals surface area (Å²) in [6, 6.07) is 0. The van der Waals surface area contributed by atoms with E-state index in [1.165, 1.54) is 6.26 Å². The van der Waals surface area contributed by atoms with Crippen LogP contribution in [0.25, 0.3) is 0 Å². The van der Waals surface area contributed by atoms with Gasteiger partial charge in [0.1, 0.15) is 16.6 Å². The molecule has 1 aliphatic carbocycles. The van der Waals surface area contributed by atoms with E-state index in [-0.39, 0.29) is 30.0 Å². The average Bonchev–Trinajstić information content (AvgIpc) is 2.91. The molecule has 1 fully saturated rings. The molecule has 2 unspecified atom stereocenters. The maximum absolute atomic E-state index is 12.6. The molecule has 1 aliphatic heterocycles. The van der Waals surface area contributed by atoms with Gasteiger partial charge in [0, 0.05) is 12.7 Å². The van der Waals surface area contributed by atoms with Crippen molar-refractivity contribution in [3.8, 4) is 0 Å². The van der Waals surface area contributed by atoms with Crippen LogP contribution in [0, 0.1) is 12.8 Å². The Kier molecular flexibility index (Phi) is 5.41. The number of amides is 1. The zero-order valence-corrected chi connectivity index (χ0v) is 15.9. The van der Waals surface area contributed by atoms with Gasteiger partial charge in [-0.05, 0) is 33.1 Å². The molecule has 1 aromatic heterocycles. The number of ether oxygens (including phenoxy) is 2. The highest BCUT2D eigenvalue weighted by molar-refractivity contribution is 7.11. The highest BCUT2D eigenvalue weighted by atomic mass is 32.1. The predicted octanol–water partition coefficient (Wildman–Crippen LogP) is 2.04. The van der Waals surface area contributed by atoms with Gasteiger partial charge >= 0.3 is 5.97 Å². The number of ketones is 1. The number of thiazole rings is 1. The molecule has 0 spiro atoms. The van der Waals surface area contributed by atoms with Crippen LogP contribution in [0.3, 0.4) is 0 Å². The fourth-order valence-electron chi connectivity index (χ4n) is 3.29. The topological polar surface area (TPSA) is 87.0 Å². The van der Waals surface area contributed by atoms with Gasteiger partial charge in [0.2, 0.25) is 0 Å². The third-order valence-electron chi connectivity index (χ3n) is 4.87. The van der Waals surface area contributed by atoms with Gasteiger partial charge in [-0.25, -0.2) is 4.79 Å². The standard InChI is InChI=1S/C18H22N2O5S/c1-4-24-17(23)15-10(2)20(3)18(26-15)19-16(22)12-9-25-13-8-6-5-7-11(13)14(12)21/h9,11,13H,4-8H2,1-3H3. The Balaban J connectivity index is 1.89. The maximum atomic E-state index is 12.6. The van der Waals surface area contributed by atoms with Crippen LogP contribution in [0.15, 0.2) is 16.8 Å². The van der Waals surface area contributed by atoms with Gasteiger partial charge in [-0.3, -0.25) is 9.59 Å². The molecule has 2 heterocycles. The average molecular weight is 378 g/mol. The quantitative estimate of drug-likeness (QED) is 0.593. The molecule has 8 heteroatoms. The van der Waals surface area contributed by atoms with Crippen LogP contribution in [0.5, 0.6) is 0 Å². The molecule has 0 saturated heterocycles. The number of fused-ring (bicyclic) bond motifs is 1. The number of rotatable bonds is 3. The Hall–Kier alpha value is -2.22. The Morgan fingerprint density at radius 2 is 2.12 bits per heavy atom. The first kappa shape index (κ1) is 18.6. The van der Waals surface area contributed by atoms with Crippen molar-refractivity contribution >= 4 is 29.0 Å².